The molecule has 1 aromatic heterocycles. The summed E-state index contributed by atoms with van der Waals surface area (Å²) >= 11 is 1.67. The van der Waals surface area contributed by atoms with E-state index in [0.29, 0.717) is 11.3 Å². The minimum absolute atomic E-state index is 0.144. The Bertz CT molecular complexity index is 1110. The fourth-order valence-corrected chi connectivity index (χ4v) is 4.91. The zero-order valence-corrected chi connectivity index (χ0v) is 19.3. The van der Waals surface area contributed by atoms with Crippen molar-refractivity contribution in [3.63, 3.8) is 0 Å². The van der Waals surface area contributed by atoms with Gasteiger partial charge in [-0.1, -0.05) is 6.07 Å². The number of carbonyl (C=O) groups excluding carboxylic acids is 1. The molecule has 8 heteroatoms. The first-order chi connectivity index (χ1) is 14.8. The molecule has 0 aliphatic heterocycles. The van der Waals surface area contributed by atoms with E-state index in [1.54, 1.807) is 49.3 Å². The minimum Gasteiger partial charge on any atom is -0.322 e. The molecule has 1 N–H and O–H groups in total. The molecular weight excluding hydrogens is 430 g/mol. The van der Waals surface area contributed by atoms with Crippen molar-refractivity contribution in [3.05, 3.63) is 84.2 Å². The molecule has 0 unspecified atom stereocenters. The number of hydrogen-bond acceptors (Lipinski definition) is 5. The second-order valence-electron chi connectivity index (χ2n) is 7.27. The Morgan fingerprint density at radius 3 is 2.32 bits per heavy atom. The number of hydrogen-bond donors (Lipinski definition) is 1. The summed E-state index contributed by atoms with van der Waals surface area (Å²) in [6, 6.07) is 17.4. The fraction of sp³-hybridized carbons (Fsp3) is 0.217. The van der Waals surface area contributed by atoms with Crippen LogP contribution in [0.5, 0.6) is 0 Å². The van der Waals surface area contributed by atoms with E-state index in [1.807, 2.05) is 44.3 Å². The topological polar surface area (TPSA) is 79.4 Å². The number of nitrogens with one attached hydrogen (secondary N) is 1. The van der Waals surface area contributed by atoms with Crippen LogP contribution in [0.4, 0.5) is 5.69 Å². The van der Waals surface area contributed by atoms with Crippen molar-refractivity contribution < 1.29 is 13.2 Å². The normalized spacial score (nSPS) is 11.6. The summed E-state index contributed by atoms with van der Waals surface area (Å²) in [5, 5.41) is 2.80. The molecule has 0 fully saturated rings. The summed E-state index contributed by atoms with van der Waals surface area (Å²) in [4.78, 5) is 17.9. The van der Waals surface area contributed by atoms with Crippen LogP contribution in [0.15, 0.2) is 82.8 Å². The van der Waals surface area contributed by atoms with E-state index in [0.717, 1.165) is 16.2 Å². The van der Waals surface area contributed by atoms with Crippen LogP contribution < -0.4 is 5.32 Å². The number of amides is 1. The van der Waals surface area contributed by atoms with Crippen molar-refractivity contribution in [1.82, 2.24) is 9.29 Å². The quantitative estimate of drug-likeness (QED) is 0.500. The van der Waals surface area contributed by atoms with Gasteiger partial charge in [0, 0.05) is 47.4 Å². The Balaban J connectivity index is 1.61. The lowest BCUT2D eigenvalue weighted by Crippen LogP contribution is -2.33. The molecule has 0 saturated carbocycles. The van der Waals surface area contributed by atoms with Crippen LogP contribution in [0.2, 0.25) is 0 Å². The van der Waals surface area contributed by atoms with E-state index >= 15 is 0 Å². The number of carbonyl (C=O) groups is 1. The van der Waals surface area contributed by atoms with Crippen LogP contribution in [0.3, 0.4) is 0 Å². The van der Waals surface area contributed by atoms with E-state index < -0.39 is 10.0 Å². The summed E-state index contributed by atoms with van der Waals surface area (Å²) in [5.41, 5.74) is 2.20. The summed E-state index contributed by atoms with van der Waals surface area (Å²) < 4.78 is 26.4. The van der Waals surface area contributed by atoms with Crippen molar-refractivity contribution >= 4 is 33.4 Å². The van der Waals surface area contributed by atoms with Crippen molar-refractivity contribution in [2.24, 2.45) is 0 Å². The third kappa shape index (κ3) is 5.94. The molecule has 0 bridgehead atoms. The van der Waals surface area contributed by atoms with E-state index in [-0.39, 0.29) is 16.8 Å². The zero-order valence-electron chi connectivity index (χ0n) is 17.6. The maximum Gasteiger partial charge on any atom is 0.255 e. The molecule has 31 heavy (non-hydrogen) atoms. The number of sulfonamides is 1. The first-order valence-electron chi connectivity index (χ1n) is 9.78. The summed E-state index contributed by atoms with van der Waals surface area (Å²) in [5.74, 6) is 0.555. The average Bonchev–Trinajstić information content (AvgIpc) is 2.78. The van der Waals surface area contributed by atoms with Gasteiger partial charge in [0.2, 0.25) is 10.0 Å². The first-order valence-corrected chi connectivity index (χ1v) is 12.2. The third-order valence-corrected chi connectivity index (χ3v) is 7.89. The van der Waals surface area contributed by atoms with Crippen molar-refractivity contribution in [3.8, 4) is 0 Å². The summed E-state index contributed by atoms with van der Waals surface area (Å²) in [7, 11) is -2.00. The molecule has 0 saturated heterocycles. The number of thioether (sulfide) groups is 1. The Labute approximate surface area is 187 Å². The van der Waals surface area contributed by atoms with Gasteiger partial charge >= 0.3 is 0 Å². The first kappa shape index (κ1) is 23.0. The van der Waals surface area contributed by atoms with Crippen molar-refractivity contribution in [2.45, 2.75) is 35.4 Å². The van der Waals surface area contributed by atoms with Gasteiger partial charge in [0.05, 0.1) is 4.90 Å². The van der Waals surface area contributed by atoms with E-state index in [9.17, 15) is 13.2 Å². The van der Waals surface area contributed by atoms with Crippen LogP contribution >= 0.6 is 11.8 Å². The molecule has 0 aliphatic rings. The maximum atomic E-state index is 12.5. The number of aromatic nitrogens is 1. The third-order valence-electron chi connectivity index (χ3n) is 4.76. The van der Waals surface area contributed by atoms with Gasteiger partial charge in [0.15, 0.2) is 0 Å². The zero-order chi connectivity index (χ0) is 22.4. The van der Waals surface area contributed by atoms with Gasteiger partial charge in [-0.05, 0) is 74.0 Å². The van der Waals surface area contributed by atoms with Crippen LogP contribution in [0, 0.1) is 0 Å². The molecule has 3 aromatic rings. The van der Waals surface area contributed by atoms with Crippen LogP contribution in [-0.4, -0.2) is 36.7 Å². The standard InChI is InChI=1S/C23H25N3O3S2/c1-17(2)26(3)31(28,29)22-12-8-20(9-13-22)25-23(27)19-6-10-21(11-7-19)30-16-18-5-4-14-24-15-18/h4-15,17H,16H2,1-3H3,(H,25,27). The van der Waals surface area contributed by atoms with Gasteiger partial charge in [0.1, 0.15) is 0 Å². The number of rotatable bonds is 8. The molecule has 2 aromatic carbocycles. The molecule has 3 rings (SSSR count). The number of nitrogens with zero attached hydrogens (tertiary/aromatic N) is 2. The molecular formula is C23H25N3O3S2. The van der Waals surface area contributed by atoms with Crippen molar-refractivity contribution in [2.75, 3.05) is 12.4 Å². The maximum absolute atomic E-state index is 12.5. The van der Waals surface area contributed by atoms with Gasteiger partial charge in [-0.2, -0.15) is 4.31 Å². The molecule has 1 heterocycles. The molecule has 162 valence electrons. The van der Waals surface area contributed by atoms with E-state index in [2.05, 4.69) is 10.3 Å². The highest BCUT2D eigenvalue weighted by Gasteiger charge is 2.22. The number of anilines is 1. The number of pyridine rings is 1. The highest BCUT2D eigenvalue weighted by atomic mass is 32.2. The predicted molar refractivity (Wildman–Crippen MR) is 125 cm³/mol. The Morgan fingerprint density at radius 2 is 1.74 bits per heavy atom. The summed E-state index contributed by atoms with van der Waals surface area (Å²) in [6.07, 6.45) is 3.59. The van der Waals surface area contributed by atoms with E-state index in [4.69, 9.17) is 0 Å². The van der Waals surface area contributed by atoms with Gasteiger partial charge in [-0.25, -0.2) is 8.42 Å². The fourth-order valence-electron chi connectivity index (χ4n) is 2.71. The lowest BCUT2D eigenvalue weighted by molar-refractivity contribution is 0.102. The Morgan fingerprint density at radius 1 is 1.06 bits per heavy atom. The van der Waals surface area contributed by atoms with Gasteiger partial charge in [-0.15, -0.1) is 11.8 Å². The Hall–Kier alpha value is -2.68. The molecule has 6 nitrogen and oxygen atoms in total. The van der Waals surface area contributed by atoms with Crippen molar-refractivity contribution in [1.29, 1.82) is 0 Å². The molecule has 0 radical (unpaired) electrons. The average molecular weight is 456 g/mol. The van der Waals surface area contributed by atoms with Gasteiger partial charge in [-0.3, -0.25) is 9.78 Å². The van der Waals surface area contributed by atoms with Gasteiger partial charge < -0.3 is 5.32 Å². The smallest absolute Gasteiger partial charge is 0.255 e. The monoisotopic (exact) mass is 455 g/mol. The highest BCUT2D eigenvalue weighted by molar-refractivity contribution is 7.98. The van der Waals surface area contributed by atoms with Gasteiger partial charge in [0.25, 0.3) is 5.91 Å². The Kier molecular flexibility index (Phi) is 7.48. The minimum atomic E-state index is -3.55. The molecule has 1 amide bonds. The summed E-state index contributed by atoms with van der Waals surface area (Å²) in [6.45, 7) is 3.63. The van der Waals surface area contributed by atoms with E-state index in [1.165, 1.54) is 16.4 Å². The molecule has 0 spiro atoms. The predicted octanol–water partition coefficient (Wildman–Crippen LogP) is 4.66. The van der Waals surface area contributed by atoms with Crippen LogP contribution in [-0.2, 0) is 15.8 Å². The molecule has 0 atom stereocenters. The van der Waals surface area contributed by atoms with Crippen LogP contribution in [0.1, 0.15) is 29.8 Å². The SMILES string of the molecule is CC(C)N(C)S(=O)(=O)c1ccc(NC(=O)c2ccc(SCc3cccnc3)cc2)cc1. The largest absolute Gasteiger partial charge is 0.322 e. The number of benzene rings is 2. The lowest BCUT2D eigenvalue weighted by Gasteiger charge is -2.21. The molecule has 0 aliphatic carbocycles. The lowest BCUT2D eigenvalue weighted by atomic mass is 10.2. The second-order valence-corrected chi connectivity index (χ2v) is 10.3. The second kappa shape index (κ2) is 10.1. The highest BCUT2D eigenvalue weighted by Crippen LogP contribution is 2.23. The van der Waals surface area contributed by atoms with Crippen LogP contribution in [0.25, 0.3) is 0 Å².